The van der Waals surface area contributed by atoms with Gasteiger partial charge in [-0.25, -0.2) is 0 Å². The lowest BCUT2D eigenvalue weighted by Crippen LogP contribution is -2.21. The lowest BCUT2D eigenvalue weighted by Gasteiger charge is -1.97. The van der Waals surface area contributed by atoms with Crippen LogP contribution >= 0.6 is 0 Å². The quantitative estimate of drug-likeness (QED) is 0.441. The van der Waals surface area contributed by atoms with Crippen LogP contribution in [0.5, 0.6) is 0 Å². The highest BCUT2D eigenvalue weighted by Crippen LogP contribution is 2.91. The number of Topliss-reactive ketones (excluding diaryl/α,β-unsaturated/α-hetero) is 4. The van der Waals surface area contributed by atoms with Gasteiger partial charge in [-0.1, -0.05) is 0 Å². The summed E-state index contributed by atoms with van der Waals surface area (Å²) >= 11 is 0. The van der Waals surface area contributed by atoms with Crippen molar-refractivity contribution in [3.63, 3.8) is 0 Å². The molecular weight excluding hydrogens is 160 g/mol. The van der Waals surface area contributed by atoms with E-state index in [1.54, 1.807) is 0 Å². The van der Waals surface area contributed by atoms with E-state index in [-0.39, 0.29) is 23.1 Å². The van der Waals surface area contributed by atoms with Gasteiger partial charge in [-0.05, 0) is 0 Å². The van der Waals surface area contributed by atoms with Gasteiger partial charge in [-0.3, -0.25) is 19.2 Å². The van der Waals surface area contributed by atoms with Gasteiger partial charge in [0.2, 0.25) is 0 Å². The van der Waals surface area contributed by atoms with Crippen LogP contribution in [0.1, 0.15) is 0 Å². The Balaban J connectivity index is 1.95. The highest BCUT2D eigenvalue weighted by atomic mass is 16.2. The average molecular weight is 162 g/mol. The monoisotopic (exact) mass is 162 g/mol. The van der Waals surface area contributed by atoms with Gasteiger partial charge in [0, 0.05) is 0 Å². The minimum atomic E-state index is -1.08. The number of carbonyl (C=O) groups excluding carboxylic acids is 4. The molecular formula is C8H2O4. The molecule has 0 radical (unpaired) electrons. The molecule has 0 unspecified atom stereocenters. The average Bonchev–Trinajstić information content (AvgIpc) is 2.90. The Labute approximate surface area is 65.9 Å². The Morgan fingerprint density at radius 3 is 1.00 bits per heavy atom. The topological polar surface area (TPSA) is 68.3 Å². The number of fused-ring (bicyclic) bond motifs is 3. The van der Waals surface area contributed by atoms with Crippen LogP contribution in [0.3, 0.4) is 0 Å². The highest BCUT2D eigenvalue weighted by Gasteiger charge is 3.12. The molecule has 0 spiro atoms. The number of rotatable bonds is 1. The van der Waals surface area contributed by atoms with E-state index < -0.39 is 22.7 Å². The fourth-order valence-electron chi connectivity index (χ4n) is 2.77. The van der Waals surface area contributed by atoms with Crippen LogP contribution in [0.25, 0.3) is 0 Å². The summed E-state index contributed by atoms with van der Waals surface area (Å²) in [6.45, 7) is 0. The highest BCUT2D eigenvalue weighted by molar-refractivity contribution is 6.61. The van der Waals surface area contributed by atoms with E-state index in [0.717, 1.165) is 0 Å². The Hall–Kier alpha value is -1.32. The zero-order valence-corrected chi connectivity index (χ0v) is 5.79. The second-order valence-electron chi connectivity index (χ2n) is 3.94. The number of ketones is 4. The van der Waals surface area contributed by atoms with E-state index in [1.807, 2.05) is 0 Å². The predicted molar refractivity (Wildman–Crippen MR) is 31.9 cm³/mol. The third kappa shape index (κ3) is 0.192. The Kier molecular flexibility index (Phi) is 0.395. The summed E-state index contributed by atoms with van der Waals surface area (Å²) in [6.07, 6.45) is 0. The van der Waals surface area contributed by atoms with Gasteiger partial charge >= 0.3 is 0 Å². The molecule has 0 aliphatic heterocycles. The molecule has 4 aliphatic rings. The van der Waals surface area contributed by atoms with Crippen molar-refractivity contribution in [2.45, 2.75) is 0 Å². The van der Waals surface area contributed by atoms with E-state index in [0.29, 0.717) is 0 Å². The van der Waals surface area contributed by atoms with Crippen LogP contribution in [0, 0.1) is 22.7 Å². The second-order valence-corrected chi connectivity index (χ2v) is 3.94. The smallest absolute Gasteiger partial charge is 0.161 e. The van der Waals surface area contributed by atoms with Gasteiger partial charge in [0.25, 0.3) is 0 Å². The summed E-state index contributed by atoms with van der Waals surface area (Å²) in [5.74, 6) is -1.80. The van der Waals surface area contributed by atoms with Gasteiger partial charge in [0.1, 0.15) is 10.8 Å². The molecule has 0 aromatic carbocycles. The molecule has 0 heterocycles. The summed E-state index contributed by atoms with van der Waals surface area (Å²) in [5.41, 5.74) is -2.16. The molecule has 4 nitrogen and oxygen atoms in total. The molecule has 0 saturated heterocycles. The van der Waals surface area contributed by atoms with Crippen LogP contribution in [-0.2, 0) is 19.2 Å². The maximum Gasteiger partial charge on any atom is 0.161 e. The molecule has 4 saturated carbocycles. The summed E-state index contributed by atoms with van der Waals surface area (Å²) in [7, 11) is 0. The maximum absolute atomic E-state index is 10.9. The first-order valence-corrected chi connectivity index (χ1v) is 3.80. The van der Waals surface area contributed by atoms with Gasteiger partial charge in [-0.2, -0.15) is 0 Å². The first-order chi connectivity index (χ1) is 5.62. The molecule has 4 fully saturated rings. The predicted octanol–water partition coefficient (Wildman–Crippen LogP) is -1.48. The number of carbonyl (C=O) groups is 4. The van der Waals surface area contributed by atoms with Crippen LogP contribution in [0.4, 0.5) is 0 Å². The van der Waals surface area contributed by atoms with E-state index in [1.165, 1.54) is 0 Å². The first kappa shape index (κ1) is 5.35. The van der Waals surface area contributed by atoms with Crippen molar-refractivity contribution in [2.24, 2.45) is 22.7 Å². The standard InChI is InChI=1S/C8H2O4/c9-3-1-4(10)7(1,3)8-2(5(8)11)6(8)12/h1-2H. The Morgan fingerprint density at radius 2 is 0.917 bits per heavy atom. The molecule has 12 heavy (non-hydrogen) atoms. The largest absolute Gasteiger partial charge is 0.298 e. The summed E-state index contributed by atoms with van der Waals surface area (Å²) in [4.78, 5) is 43.8. The zero-order chi connectivity index (χ0) is 8.46. The third-order valence-corrected chi connectivity index (χ3v) is 3.76. The molecule has 58 valence electrons. The zero-order valence-electron chi connectivity index (χ0n) is 5.79. The fourth-order valence-corrected chi connectivity index (χ4v) is 2.77. The molecule has 4 heteroatoms. The maximum atomic E-state index is 10.9. The lowest BCUT2D eigenvalue weighted by molar-refractivity contribution is -0.135. The lowest BCUT2D eigenvalue weighted by atomic mass is 9.98. The molecule has 0 aromatic rings. The van der Waals surface area contributed by atoms with Crippen LogP contribution < -0.4 is 0 Å². The van der Waals surface area contributed by atoms with Crippen molar-refractivity contribution >= 4 is 23.1 Å². The first-order valence-electron chi connectivity index (χ1n) is 3.80. The summed E-state index contributed by atoms with van der Waals surface area (Å²) in [6, 6.07) is 0. The van der Waals surface area contributed by atoms with Gasteiger partial charge in [0.05, 0.1) is 11.8 Å². The van der Waals surface area contributed by atoms with E-state index in [2.05, 4.69) is 0 Å². The summed E-state index contributed by atoms with van der Waals surface area (Å²) in [5, 5.41) is 0. The Morgan fingerprint density at radius 1 is 0.667 bits per heavy atom. The fraction of sp³-hybridized carbons (Fsp3) is 0.500. The van der Waals surface area contributed by atoms with Crippen molar-refractivity contribution in [3.05, 3.63) is 0 Å². The van der Waals surface area contributed by atoms with E-state index in [4.69, 9.17) is 0 Å². The van der Waals surface area contributed by atoms with Gasteiger partial charge in [-0.15, -0.1) is 0 Å². The SMILES string of the molecule is O=C1C2C(=O)C12C12C(=O)C1C2=O. The Bertz CT molecular complexity index is 370. The van der Waals surface area contributed by atoms with Gasteiger partial charge < -0.3 is 0 Å². The van der Waals surface area contributed by atoms with Crippen LogP contribution in [0.15, 0.2) is 0 Å². The van der Waals surface area contributed by atoms with E-state index >= 15 is 0 Å². The van der Waals surface area contributed by atoms with Crippen molar-refractivity contribution in [1.82, 2.24) is 0 Å². The third-order valence-electron chi connectivity index (χ3n) is 3.76. The van der Waals surface area contributed by atoms with Crippen molar-refractivity contribution in [1.29, 1.82) is 0 Å². The summed E-state index contributed by atoms with van der Waals surface area (Å²) < 4.78 is 0. The normalized spacial score (nSPS) is 62.7. The molecule has 0 N–H and O–H groups in total. The molecule has 4 aliphatic carbocycles. The van der Waals surface area contributed by atoms with Crippen molar-refractivity contribution in [2.75, 3.05) is 0 Å². The molecule has 0 bridgehead atoms. The molecule has 0 amide bonds. The van der Waals surface area contributed by atoms with Crippen LogP contribution in [-0.4, -0.2) is 23.1 Å². The van der Waals surface area contributed by atoms with E-state index in [9.17, 15) is 19.2 Å². The van der Waals surface area contributed by atoms with Gasteiger partial charge in [0.15, 0.2) is 23.1 Å². The second kappa shape index (κ2) is 0.887. The number of hydrogen-bond donors (Lipinski definition) is 0. The molecule has 0 atom stereocenters. The molecule has 4 rings (SSSR count). The van der Waals surface area contributed by atoms with Crippen molar-refractivity contribution in [3.8, 4) is 0 Å². The minimum absolute atomic E-state index is 0.172. The van der Waals surface area contributed by atoms with Crippen LogP contribution in [0.2, 0.25) is 0 Å². The molecule has 0 aromatic heterocycles. The van der Waals surface area contributed by atoms with Crippen molar-refractivity contribution < 1.29 is 19.2 Å². The minimum Gasteiger partial charge on any atom is -0.298 e. The number of hydrogen-bond acceptors (Lipinski definition) is 4.